The minimum absolute atomic E-state index is 0.336. The van der Waals surface area contributed by atoms with Crippen LogP contribution in [0.1, 0.15) is 115 Å². The maximum absolute atomic E-state index is 10.3. The molecule has 0 aliphatic heterocycles. The lowest BCUT2D eigenvalue weighted by atomic mass is 10.0. The van der Waals surface area contributed by atoms with Gasteiger partial charge in [0.25, 0.3) is 0 Å². The first-order valence-corrected chi connectivity index (χ1v) is 17.3. The lowest BCUT2D eigenvalue weighted by molar-refractivity contribution is 0.461. The Morgan fingerprint density at radius 3 is 1.29 bits per heavy atom. The fourth-order valence-corrected chi connectivity index (χ4v) is 8.08. The van der Waals surface area contributed by atoms with Gasteiger partial charge in [-0.3, -0.25) is 0 Å². The van der Waals surface area contributed by atoms with Crippen molar-refractivity contribution < 1.29 is 10.2 Å². The molecule has 2 rings (SSSR count). The first-order valence-electron chi connectivity index (χ1n) is 13.8. The Morgan fingerprint density at radius 2 is 0.886 bits per heavy atom. The number of hydrogen-bond acceptors (Lipinski definition) is 5. The molecule has 2 aromatic carbocycles. The van der Waals surface area contributed by atoms with Crippen molar-refractivity contribution in [3.8, 4) is 11.5 Å². The highest BCUT2D eigenvalue weighted by atomic mass is 33.5. The summed E-state index contributed by atoms with van der Waals surface area (Å²) >= 11 is 0. The van der Waals surface area contributed by atoms with Gasteiger partial charge >= 0.3 is 0 Å². The monoisotopic (exact) mass is 534 g/mol. The number of rotatable bonds is 20. The van der Waals surface area contributed by atoms with Crippen LogP contribution in [0.25, 0.3) is 0 Å². The maximum atomic E-state index is 10.3. The number of benzene rings is 2. The van der Waals surface area contributed by atoms with Crippen LogP contribution in [0.4, 0.5) is 0 Å². The molecule has 2 aromatic rings. The van der Waals surface area contributed by atoms with Crippen LogP contribution < -0.4 is 0 Å². The summed E-state index contributed by atoms with van der Waals surface area (Å²) in [6.45, 7) is 4.52. The second kappa shape index (κ2) is 19.2. The molecule has 0 aliphatic rings. The molecule has 0 aliphatic carbocycles. The number of aryl methyl sites for hydroxylation is 2. The quantitative estimate of drug-likeness (QED) is 0.131. The van der Waals surface area contributed by atoms with Gasteiger partial charge in [0.1, 0.15) is 11.5 Å². The average molecular weight is 535 g/mol. The molecule has 35 heavy (non-hydrogen) atoms. The van der Waals surface area contributed by atoms with E-state index < -0.39 is 0 Å². The normalized spacial score (nSPS) is 11.3. The average Bonchev–Trinajstić information content (AvgIpc) is 2.86. The molecule has 0 fully saturated rings. The SMILES string of the molecule is CCCCCCCCCc1ccc(O)c(SSSc2cc(CCCCCCCCC)ccc2O)c1. The summed E-state index contributed by atoms with van der Waals surface area (Å²) in [6, 6.07) is 12.0. The summed E-state index contributed by atoms with van der Waals surface area (Å²) in [5.41, 5.74) is 2.59. The van der Waals surface area contributed by atoms with E-state index >= 15 is 0 Å². The smallest absolute Gasteiger partial charge is 0.130 e. The summed E-state index contributed by atoms with van der Waals surface area (Å²) in [5, 5.41) is 20.6. The number of phenolic OH excluding ortho intramolecular Hbond substituents is 2. The molecular formula is C30H46O2S3. The van der Waals surface area contributed by atoms with Crippen molar-refractivity contribution in [3.05, 3.63) is 47.5 Å². The molecule has 2 nitrogen and oxygen atoms in total. The zero-order chi connectivity index (χ0) is 25.1. The number of phenols is 2. The van der Waals surface area contributed by atoms with E-state index in [1.54, 1.807) is 31.4 Å². The molecule has 0 atom stereocenters. The van der Waals surface area contributed by atoms with Gasteiger partial charge in [-0.25, -0.2) is 0 Å². The molecule has 0 spiro atoms. The molecule has 2 N–H and O–H groups in total. The van der Waals surface area contributed by atoms with Crippen molar-refractivity contribution in [1.82, 2.24) is 0 Å². The van der Waals surface area contributed by atoms with E-state index in [9.17, 15) is 10.2 Å². The third-order valence-corrected chi connectivity index (χ3v) is 10.3. The molecule has 0 aromatic heterocycles. The van der Waals surface area contributed by atoms with Gasteiger partial charge in [0.2, 0.25) is 0 Å². The van der Waals surface area contributed by atoms with E-state index in [1.807, 2.05) is 24.3 Å². The van der Waals surface area contributed by atoms with Gasteiger partial charge in [-0.15, -0.1) is 0 Å². The predicted octanol–water partition coefficient (Wildman–Crippen LogP) is 11.1. The Balaban J connectivity index is 1.74. The van der Waals surface area contributed by atoms with Crippen LogP contribution in [-0.4, -0.2) is 10.2 Å². The zero-order valence-electron chi connectivity index (χ0n) is 21.9. The van der Waals surface area contributed by atoms with Gasteiger partial charge in [0.15, 0.2) is 0 Å². The van der Waals surface area contributed by atoms with E-state index in [0.29, 0.717) is 11.5 Å². The summed E-state index contributed by atoms with van der Waals surface area (Å²) < 4.78 is 0. The molecule has 0 amide bonds. The molecule has 0 unspecified atom stereocenters. The highest BCUT2D eigenvalue weighted by Gasteiger charge is 2.09. The van der Waals surface area contributed by atoms with Crippen LogP contribution in [0.3, 0.4) is 0 Å². The van der Waals surface area contributed by atoms with Crippen molar-refractivity contribution in [2.75, 3.05) is 0 Å². The van der Waals surface area contributed by atoms with Crippen LogP contribution in [-0.2, 0) is 12.8 Å². The van der Waals surface area contributed by atoms with Crippen LogP contribution >= 0.6 is 31.4 Å². The van der Waals surface area contributed by atoms with E-state index in [2.05, 4.69) is 26.0 Å². The third-order valence-electron chi connectivity index (χ3n) is 6.43. The van der Waals surface area contributed by atoms with E-state index in [0.717, 1.165) is 22.6 Å². The Hall–Kier alpha value is -0.910. The number of aromatic hydroxyl groups is 2. The maximum Gasteiger partial charge on any atom is 0.130 e. The lowest BCUT2D eigenvalue weighted by Gasteiger charge is -2.09. The Kier molecular flexibility index (Phi) is 16.7. The van der Waals surface area contributed by atoms with Gasteiger partial charge in [-0.1, -0.05) is 103 Å². The first kappa shape index (κ1) is 30.3. The van der Waals surface area contributed by atoms with Crippen LogP contribution in [0, 0.1) is 0 Å². The number of hydrogen-bond donors (Lipinski definition) is 2. The Labute approximate surface area is 226 Å². The highest BCUT2D eigenvalue weighted by molar-refractivity contribution is 9.09. The molecule has 196 valence electrons. The van der Waals surface area contributed by atoms with Gasteiger partial charge in [0.05, 0.1) is 9.79 Å². The molecule has 0 saturated heterocycles. The third kappa shape index (κ3) is 13.3. The fourth-order valence-electron chi connectivity index (χ4n) is 4.22. The van der Waals surface area contributed by atoms with Crippen molar-refractivity contribution in [1.29, 1.82) is 0 Å². The minimum Gasteiger partial charge on any atom is -0.507 e. The zero-order valence-corrected chi connectivity index (χ0v) is 24.3. The second-order valence-corrected chi connectivity index (χ2v) is 13.6. The van der Waals surface area contributed by atoms with Crippen molar-refractivity contribution >= 4 is 31.4 Å². The standard InChI is InChI=1S/C30H46O2S3/c1-3-5-7-9-11-13-15-17-25-19-21-27(31)29(23-25)33-35-34-30-24-26(20-22-28(30)32)18-16-14-12-10-8-6-4-2/h19-24,31-32H,3-18H2,1-2H3. The molecule has 0 saturated carbocycles. The first-order chi connectivity index (χ1) is 17.1. The van der Waals surface area contributed by atoms with Gasteiger partial charge < -0.3 is 10.2 Å². The summed E-state index contributed by atoms with van der Waals surface area (Å²) in [4.78, 5) is 1.81. The Bertz CT molecular complexity index is 758. The van der Waals surface area contributed by atoms with Crippen molar-refractivity contribution in [3.63, 3.8) is 0 Å². The largest absolute Gasteiger partial charge is 0.507 e. The topological polar surface area (TPSA) is 40.5 Å². The lowest BCUT2D eigenvalue weighted by Crippen LogP contribution is -1.88. The van der Waals surface area contributed by atoms with Crippen LogP contribution in [0.5, 0.6) is 11.5 Å². The van der Waals surface area contributed by atoms with Gasteiger partial charge in [0, 0.05) is 0 Å². The van der Waals surface area contributed by atoms with E-state index in [1.165, 1.54) is 101 Å². The molecular weight excluding hydrogens is 489 g/mol. The van der Waals surface area contributed by atoms with Crippen LogP contribution in [0.2, 0.25) is 0 Å². The second-order valence-electron chi connectivity index (χ2n) is 9.58. The Morgan fingerprint density at radius 1 is 0.514 bits per heavy atom. The molecule has 0 bridgehead atoms. The predicted molar refractivity (Wildman–Crippen MR) is 159 cm³/mol. The minimum atomic E-state index is 0.336. The molecule has 5 heteroatoms. The van der Waals surface area contributed by atoms with E-state index in [4.69, 9.17) is 0 Å². The highest BCUT2D eigenvalue weighted by Crippen LogP contribution is 2.49. The number of unbranched alkanes of at least 4 members (excludes halogenated alkanes) is 12. The van der Waals surface area contributed by atoms with E-state index in [-0.39, 0.29) is 0 Å². The van der Waals surface area contributed by atoms with Gasteiger partial charge in [-0.2, -0.15) is 0 Å². The summed E-state index contributed by atoms with van der Waals surface area (Å²) in [7, 11) is 4.74. The molecule has 0 heterocycles. The van der Waals surface area contributed by atoms with Crippen LogP contribution in [0.15, 0.2) is 46.2 Å². The summed E-state index contributed by atoms with van der Waals surface area (Å²) in [5.74, 6) is 0.673. The van der Waals surface area contributed by atoms with Gasteiger partial charge in [-0.05, 0) is 92.5 Å². The van der Waals surface area contributed by atoms with Crippen molar-refractivity contribution in [2.24, 2.45) is 0 Å². The molecule has 0 radical (unpaired) electrons. The summed E-state index contributed by atoms with van der Waals surface area (Å²) in [6.07, 6.45) is 20.5. The van der Waals surface area contributed by atoms with Crippen molar-refractivity contribution in [2.45, 2.75) is 126 Å². The fraction of sp³-hybridized carbons (Fsp3) is 0.600.